The van der Waals surface area contributed by atoms with Gasteiger partial charge in [0.25, 0.3) is 0 Å². The third-order valence-corrected chi connectivity index (χ3v) is 4.10. The zero-order valence-corrected chi connectivity index (χ0v) is 11.9. The lowest BCUT2D eigenvalue weighted by molar-refractivity contribution is 0.196. The quantitative estimate of drug-likeness (QED) is 0.820. The number of aliphatic hydroxyl groups is 1. The molecular formula is C14H17N3O2S. The molecule has 0 unspecified atom stereocenters. The summed E-state index contributed by atoms with van der Waals surface area (Å²) in [5.41, 5.74) is 2.01. The van der Waals surface area contributed by atoms with Gasteiger partial charge in [0.1, 0.15) is 6.61 Å². The van der Waals surface area contributed by atoms with E-state index in [4.69, 9.17) is 9.84 Å². The molecule has 5 nitrogen and oxygen atoms in total. The summed E-state index contributed by atoms with van der Waals surface area (Å²) in [7, 11) is 0. The highest BCUT2D eigenvalue weighted by Crippen LogP contribution is 2.41. The van der Waals surface area contributed by atoms with E-state index in [0.717, 1.165) is 17.3 Å². The topological polar surface area (TPSA) is 67.3 Å². The maximum Gasteiger partial charge on any atom is 0.213 e. The largest absolute Gasteiger partial charge is 0.475 e. The summed E-state index contributed by atoms with van der Waals surface area (Å²) in [5, 5.41) is 15.3. The Balaban J connectivity index is 1.51. The Morgan fingerprint density at radius 3 is 3.00 bits per heavy atom. The van der Waals surface area contributed by atoms with Crippen molar-refractivity contribution in [2.24, 2.45) is 0 Å². The zero-order valence-electron chi connectivity index (χ0n) is 11.1. The molecule has 2 aromatic heterocycles. The maximum absolute atomic E-state index is 8.67. The second kappa shape index (κ2) is 6.19. The van der Waals surface area contributed by atoms with Gasteiger partial charge in [-0.2, -0.15) is 0 Å². The molecule has 0 amide bonds. The summed E-state index contributed by atoms with van der Waals surface area (Å²) in [4.78, 5) is 8.79. The van der Waals surface area contributed by atoms with Gasteiger partial charge >= 0.3 is 0 Å². The van der Waals surface area contributed by atoms with Gasteiger partial charge < -0.3 is 15.2 Å². The van der Waals surface area contributed by atoms with Gasteiger partial charge in [0, 0.05) is 17.4 Å². The van der Waals surface area contributed by atoms with E-state index in [1.54, 1.807) is 23.6 Å². The Labute approximate surface area is 121 Å². The van der Waals surface area contributed by atoms with Gasteiger partial charge in [-0.1, -0.05) is 0 Å². The number of rotatable bonds is 7. The van der Waals surface area contributed by atoms with Crippen molar-refractivity contribution in [1.29, 1.82) is 0 Å². The predicted octanol–water partition coefficient (Wildman–Crippen LogP) is 2.40. The molecule has 0 spiro atoms. The first kappa shape index (κ1) is 13.3. The van der Waals surface area contributed by atoms with Crippen LogP contribution in [0.15, 0.2) is 23.7 Å². The molecule has 2 N–H and O–H groups in total. The van der Waals surface area contributed by atoms with Crippen LogP contribution in [0.4, 0.5) is 5.69 Å². The summed E-state index contributed by atoms with van der Waals surface area (Å²) in [5.74, 6) is 1.24. The fourth-order valence-electron chi connectivity index (χ4n) is 1.83. The first-order valence-corrected chi connectivity index (χ1v) is 7.61. The van der Waals surface area contributed by atoms with Crippen molar-refractivity contribution in [3.8, 4) is 5.88 Å². The third kappa shape index (κ3) is 3.46. The Morgan fingerprint density at radius 1 is 1.40 bits per heavy atom. The summed E-state index contributed by atoms with van der Waals surface area (Å²) in [6.07, 6.45) is 4.31. The molecule has 2 heterocycles. The average molecular weight is 291 g/mol. The predicted molar refractivity (Wildman–Crippen MR) is 78.2 cm³/mol. The Bertz CT molecular complexity index is 552. The summed E-state index contributed by atoms with van der Waals surface area (Å²) < 4.78 is 5.21. The number of aliphatic hydroxyl groups excluding tert-OH is 1. The molecule has 1 fully saturated rings. The molecule has 20 heavy (non-hydrogen) atoms. The van der Waals surface area contributed by atoms with Crippen molar-refractivity contribution in [3.05, 3.63) is 34.4 Å². The van der Waals surface area contributed by atoms with Gasteiger partial charge in [-0.25, -0.2) is 9.97 Å². The molecule has 1 aliphatic carbocycles. The van der Waals surface area contributed by atoms with Crippen molar-refractivity contribution in [3.63, 3.8) is 0 Å². The number of hydrogen-bond acceptors (Lipinski definition) is 6. The van der Waals surface area contributed by atoms with Crippen LogP contribution in [0.25, 0.3) is 0 Å². The maximum atomic E-state index is 8.67. The fourth-order valence-corrected chi connectivity index (χ4v) is 2.83. The molecule has 0 bridgehead atoms. The Morgan fingerprint density at radius 2 is 2.30 bits per heavy atom. The number of thiazole rings is 1. The SMILES string of the molecule is OCCOc1ccc(NCc2csc(C3CC3)n2)cn1. The summed E-state index contributed by atoms with van der Waals surface area (Å²) >= 11 is 1.76. The minimum atomic E-state index is -0.00512. The standard InChI is InChI=1S/C14H17N3O2S/c18-5-6-19-13-4-3-11(7-16-13)15-8-12-9-20-14(17-12)10-1-2-10/h3-4,7,9-10,15,18H,1-2,5-6,8H2. The molecule has 6 heteroatoms. The smallest absolute Gasteiger partial charge is 0.213 e. The molecule has 2 aromatic rings. The van der Waals surface area contributed by atoms with Crippen molar-refractivity contribution in [1.82, 2.24) is 9.97 Å². The monoisotopic (exact) mass is 291 g/mol. The van der Waals surface area contributed by atoms with Crippen LogP contribution in [0.2, 0.25) is 0 Å². The third-order valence-electron chi connectivity index (χ3n) is 3.05. The first-order valence-electron chi connectivity index (χ1n) is 6.73. The van der Waals surface area contributed by atoms with Crippen molar-refractivity contribution in [2.45, 2.75) is 25.3 Å². The molecule has 0 atom stereocenters. The van der Waals surface area contributed by atoms with Crippen LogP contribution in [0.1, 0.15) is 29.5 Å². The Hall–Kier alpha value is -1.66. The summed E-state index contributed by atoms with van der Waals surface area (Å²) in [6, 6.07) is 3.70. The molecule has 3 rings (SSSR count). The van der Waals surface area contributed by atoms with Gasteiger partial charge in [0.15, 0.2) is 0 Å². The van der Waals surface area contributed by atoms with E-state index in [2.05, 4.69) is 20.7 Å². The number of nitrogens with zero attached hydrogens (tertiary/aromatic N) is 2. The van der Waals surface area contributed by atoms with E-state index in [1.807, 2.05) is 6.07 Å². The van der Waals surface area contributed by atoms with E-state index in [9.17, 15) is 0 Å². The van der Waals surface area contributed by atoms with Crippen LogP contribution in [-0.4, -0.2) is 28.3 Å². The molecule has 0 aliphatic heterocycles. The summed E-state index contributed by atoms with van der Waals surface area (Å²) in [6.45, 7) is 0.971. The second-order valence-corrected chi connectivity index (χ2v) is 5.65. The average Bonchev–Trinajstić information content (AvgIpc) is 3.23. The second-order valence-electron chi connectivity index (χ2n) is 4.76. The van der Waals surface area contributed by atoms with Crippen molar-refractivity contribution in [2.75, 3.05) is 18.5 Å². The minimum Gasteiger partial charge on any atom is -0.475 e. The molecule has 1 aliphatic rings. The molecular weight excluding hydrogens is 274 g/mol. The highest BCUT2D eigenvalue weighted by atomic mass is 32.1. The van der Waals surface area contributed by atoms with Crippen LogP contribution < -0.4 is 10.1 Å². The lowest BCUT2D eigenvalue weighted by Crippen LogP contribution is -2.04. The lowest BCUT2D eigenvalue weighted by Gasteiger charge is -2.06. The van der Waals surface area contributed by atoms with E-state index in [1.165, 1.54) is 17.8 Å². The minimum absolute atomic E-state index is 0.00512. The molecule has 0 aromatic carbocycles. The van der Waals surface area contributed by atoms with Crippen LogP contribution in [0.3, 0.4) is 0 Å². The number of hydrogen-bond donors (Lipinski definition) is 2. The van der Waals surface area contributed by atoms with Crippen LogP contribution in [0.5, 0.6) is 5.88 Å². The van der Waals surface area contributed by atoms with Gasteiger partial charge in [-0.3, -0.25) is 0 Å². The van der Waals surface area contributed by atoms with Crippen LogP contribution in [-0.2, 0) is 6.54 Å². The van der Waals surface area contributed by atoms with Gasteiger partial charge in [-0.15, -0.1) is 11.3 Å². The highest BCUT2D eigenvalue weighted by molar-refractivity contribution is 7.09. The zero-order chi connectivity index (χ0) is 13.8. The number of nitrogens with one attached hydrogen (secondary N) is 1. The van der Waals surface area contributed by atoms with E-state index in [0.29, 0.717) is 12.4 Å². The fraction of sp³-hybridized carbons (Fsp3) is 0.429. The van der Waals surface area contributed by atoms with E-state index in [-0.39, 0.29) is 13.2 Å². The van der Waals surface area contributed by atoms with Crippen molar-refractivity contribution < 1.29 is 9.84 Å². The van der Waals surface area contributed by atoms with Crippen molar-refractivity contribution >= 4 is 17.0 Å². The Kier molecular flexibility index (Phi) is 4.13. The molecule has 1 saturated carbocycles. The van der Waals surface area contributed by atoms with Crippen LogP contribution in [0, 0.1) is 0 Å². The first-order chi connectivity index (χ1) is 9.85. The number of pyridine rings is 1. The van der Waals surface area contributed by atoms with Crippen LogP contribution >= 0.6 is 11.3 Å². The molecule has 106 valence electrons. The number of anilines is 1. The number of ether oxygens (including phenoxy) is 1. The van der Waals surface area contributed by atoms with Gasteiger partial charge in [0.2, 0.25) is 5.88 Å². The normalized spacial score (nSPS) is 14.2. The van der Waals surface area contributed by atoms with E-state index >= 15 is 0 Å². The highest BCUT2D eigenvalue weighted by Gasteiger charge is 2.26. The lowest BCUT2D eigenvalue weighted by atomic mass is 10.4. The molecule has 0 radical (unpaired) electrons. The van der Waals surface area contributed by atoms with Gasteiger partial charge in [0.05, 0.1) is 35.7 Å². The van der Waals surface area contributed by atoms with Gasteiger partial charge in [-0.05, 0) is 18.9 Å². The van der Waals surface area contributed by atoms with E-state index < -0.39 is 0 Å². The molecule has 0 saturated heterocycles. The number of aromatic nitrogens is 2.